The predicted octanol–water partition coefficient (Wildman–Crippen LogP) is 2.78. The van der Waals surface area contributed by atoms with Crippen LogP contribution < -0.4 is 16.3 Å². The number of nitrogens with zero attached hydrogens (tertiary/aromatic N) is 4. The lowest BCUT2D eigenvalue weighted by Gasteiger charge is -2.14. The smallest absolute Gasteiger partial charge is 0.345 e. The Morgan fingerprint density at radius 3 is 2.86 bits per heavy atom. The highest BCUT2D eigenvalue weighted by atomic mass is 127. The van der Waals surface area contributed by atoms with Crippen LogP contribution in [0.3, 0.4) is 0 Å². The third-order valence-corrected chi connectivity index (χ3v) is 5.80. The summed E-state index contributed by atoms with van der Waals surface area (Å²) in [7, 11) is 1.77. The minimum atomic E-state index is 0. The van der Waals surface area contributed by atoms with Crippen LogP contribution in [0.2, 0.25) is 0 Å². The Morgan fingerprint density at radius 2 is 2.14 bits per heavy atom. The quantitative estimate of drug-likeness (QED) is 0.189. The molecule has 1 aliphatic rings. The molecule has 160 valence electrons. The summed E-state index contributed by atoms with van der Waals surface area (Å²) in [4.78, 5) is 17.9. The highest BCUT2D eigenvalue weighted by Gasteiger charge is 2.16. The molecule has 29 heavy (non-hydrogen) atoms. The largest absolute Gasteiger partial charge is 0.356 e. The monoisotopic (exact) mass is 530 g/mol. The van der Waals surface area contributed by atoms with Crippen LogP contribution >= 0.6 is 35.7 Å². The number of aliphatic imine (C=N–C) groups is 1. The van der Waals surface area contributed by atoms with E-state index in [-0.39, 0.29) is 29.7 Å². The molecule has 0 radical (unpaired) electrons. The van der Waals surface area contributed by atoms with Gasteiger partial charge in [0, 0.05) is 44.5 Å². The Morgan fingerprint density at radius 1 is 1.31 bits per heavy atom. The Bertz CT molecular complexity index is 892. The molecular weight excluding hydrogens is 499 g/mol. The molecule has 1 aliphatic heterocycles. The Hall–Kier alpha value is -1.49. The van der Waals surface area contributed by atoms with Gasteiger partial charge in [-0.25, -0.2) is 9.48 Å². The second kappa shape index (κ2) is 11.6. The maximum atomic E-state index is 12.3. The molecule has 0 saturated heterocycles. The average Bonchev–Trinajstić information content (AvgIpc) is 3.04. The van der Waals surface area contributed by atoms with Gasteiger partial charge < -0.3 is 10.6 Å². The van der Waals surface area contributed by atoms with Crippen LogP contribution in [0.15, 0.2) is 32.9 Å². The minimum Gasteiger partial charge on any atom is -0.356 e. The summed E-state index contributed by atoms with van der Waals surface area (Å²) in [6.07, 6.45) is 6.02. The highest BCUT2D eigenvalue weighted by molar-refractivity contribution is 14.0. The van der Waals surface area contributed by atoms with E-state index in [1.54, 1.807) is 23.5 Å². The van der Waals surface area contributed by atoms with E-state index in [4.69, 9.17) is 0 Å². The molecule has 2 aromatic rings. The molecule has 1 aromatic carbocycles. The molecule has 0 spiro atoms. The third-order valence-electron chi connectivity index (χ3n) is 4.98. The van der Waals surface area contributed by atoms with E-state index in [0.29, 0.717) is 6.54 Å². The summed E-state index contributed by atoms with van der Waals surface area (Å²) in [5, 5.41) is 11.2. The van der Waals surface area contributed by atoms with E-state index in [1.165, 1.54) is 16.0 Å². The van der Waals surface area contributed by atoms with E-state index in [1.807, 2.05) is 4.57 Å². The first kappa shape index (κ1) is 23.8. The normalized spacial score (nSPS) is 13.6. The molecule has 9 heteroatoms. The molecule has 2 heterocycles. The van der Waals surface area contributed by atoms with Gasteiger partial charge in [-0.1, -0.05) is 12.1 Å². The SMILES string of the molecule is CN=C(NCCCn1nc2n(c1=O)CCCC2)NCc1ccc(C)cc1SC.I. The zero-order valence-electron chi connectivity index (χ0n) is 17.4. The number of hydrogen-bond acceptors (Lipinski definition) is 4. The van der Waals surface area contributed by atoms with Gasteiger partial charge in [0.1, 0.15) is 5.82 Å². The maximum absolute atomic E-state index is 12.3. The Kier molecular flexibility index (Phi) is 9.54. The Balaban J connectivity index is 0.00000300. The topological polar surface area (TPSA) is 76.2 Å². The Labute approximate surface area is 193 Å². The number of hydrogen-bond donors (Lipinski definition) is 2. The number of fused-ring (bicyclic) bond motifs is 1. The van der Waals surface area contributed by atoms with Crippen molar-refractivity contribution in [1.82, 2.24) is 25.0 Å². The number of halogens is 1. The first-order valence-electron chi connectivity index (χ1n) is 9.87. The van der Waals surface area contributed by atoms with Crippen molar-refractivity contribution >= 4 is 41.7 Å². The van der Waals surface area contributed by atoms with Crippen molar-refractivity contribution in [3.63, 3.8) is 0 Å². The number of benzene rings is 1. The van der Waals surface area contributed by atoms with Crippen LogP contribution in [0.1, 0.15) is 36.2 Å². The molecule has 0 aliphatic carbocycles. The molecule has 3 rings (SSSR count). The van der Waals surface area contributed by atoms with Crippen molar-refractivity contribution in [3.05, 3.63) is 45.6 Å². The molecular formula is C20H31IN6OS. The second-order valence-corrected chi connectivity index (χ2v) is 7.90. The predicted molar refractivity (Wildman–Crippen MR) is 131 cm³/mol. The number of thioether (sulfide) groups is 1. The van der Waals surface area contributed by atoms with E-state index in [2.05, 4.69) is 52.1 Å². The van der Waals surface area contributed by atoms with E-state index >= 15 is 0 Å². The molecule has 2 N–H and O–H groups in total. The molecule has 0 fully saturated rings. The van der Waals surface area contributed by atoms with Gasteiger partial charge in [0.2, 0.25) is 0 Å². The lowest BCUT2D eigenvalue weighted by atomic mass is 10.1. The van der Waals surface area contributed by atoms with E-state index < -0.39 is 0 Å². The van der Waals surface area contributed by atoms with Crippen molar-refractivity contribution in [2.75, 3.05) is 19.8 Å². The third kappa shape index (κ3) is 6.24. The number of aryl methyl sites for hydroxylation is 3. The van der Waals surface area contributed by atoms with Crippen LogP contribution in [0, 0.1) is 6.92 Å². The van der Waals surface area contributed by atoms with Gasteiger partial charge in [-0.2, -0.15) is 5.10 Å². The van der Waals surface area contributed by atoms with Crippen molar-refractivity contribution in [2.24, 2.45) is 4.99 Å². The fraction of sp³-hybridized carbons (Fsp3) is 0.550. The van der Waals surface area contributed by atoms with Gasteiger partial charge >= 0.3 is 5.69 Å². The van der Waals surface area contributed by atoms with Gasteiger partial charge in [-0.3, -0.25) is 9.56 Å². The average molecular weight is 530 g/mol. The fourth-order valence-electron chi connectivity index (χ4n) is 3.43. The molecule has 0 atom stereocenters. The number of aromatic nitrogens is 3. The molecule has 0 bridgehead atoms. The molecule has 0 saturated carbocycles. The number of rotatable bonds is 7. The van der Waals surface area contributed by atoms with Crippen molar-refractivity contribution in [2.45, 2.75) is 57.1 Å². The molecule has 1 aromatic heterocycles. The maximum Gasteiger partial charge on any atom is 0.345 e. The van der Waals surface area contributed by atoms with Gasteiger partial charge in [-0.05, 0) is 49.6 Å². The van der Waals surface area contributed by atoms with Gasteiger partial charge in [0.15, 0.2) is 5.96 Å². The summed E-state index contributed by atoms with van der Waals surface area (Å²) in [5.41, 5.74) is 2.56. The van der Waals surface area contributed by atoms with Crippen LogP contribution in [0.5, 0.6) is 0 Å². The summed E-state index contributed by atoms with van der Waals surface area (Å²) >= 11 is 1.76. The van der Waals surface area contributed by atoms with E-state index in [9.17, 15) is 4.79 Å². The first-order chi connectivity index (χ1) is 13.6. The summed E-state index contributed by atoms with van der Waals surface area (Å²) in [6.45, 7) is 5.00. The lowest BCUT2D eigenvalue weighted by Crippen LogP contribution is -2.38. The number of guanidine groups is 1. The van der Waals surface area contributed by atoms with Crippen molar-refractivity contribution in [1.29, 1.82) is 0 Å². The van der Waals surface area contributed by atoms with Crippen LogP contribution in [-0.4, -0.2) is 40.2 Å². The van der Waals surface area contributed by atoms with Crippen LogP contribution in [0.25, 0.3) is 0 Å². The fourth-order valence-corrected chi connectivity index (χ4v) is 4.13. The number of nitrogens with one attached hydrogen (secondary N) is 2. The zero-order valence-corrected chi connectivity index (χ0v) is 20.5. The van der Waals surface area contributed by atoms with Gasteiger partial charge in [-0.15, -0.1) is 35.7 Å². The second-order valence-electron chi connectivity index (χ2n) is 7.05. The summed E-state index contributed by atoms with van der Waals surface area (Å²) in [6, 6.07) is 6.50. The highest BCUT2D eigenvalue weighted by Crippen LogP contribution is 2.21. The van der Waals surface area contributed by atoms with Crippen LogP contribution in [0.4, 0.5) is 0 Å². The van der Waals surface area contributed by atoms with Crippen LogP contribution in [-0.2, 0) is 26.1 Å². The lowest BCUT2D eigenvalue weighted by molar-refractivity contribution is 0.509. The minimum absolute atomic E-state index is 0. The zero-order chi connectivity index (χ0) is 19.9. The van der Waals surface area contributed by atoms with Gasteiger partial charge in [0.25, 0.3) is 0 Å². The van der Waals surface area contributed by atoms with Crippen molar-refractivity contribution in [3.8, 4) is 0 Å². The standard InChI is InChI=1S/C20H30N6OS.HI/c1-15-8-9-16(17(13-15)28-3)14-23-19(21-2)22-10-6-12-26-20(27)25-11-5-4-7-18(25)24-26;/h8-9,13H,4-7,10-12,14H2,1-3H3,(H2,21,22,23);1H. The first-order valence-corrected chi connectivity index (χ1v) is 11.1. The summed E-state index contributed by atoms with van der Waals surface area (Å²) < 4.78 is 3.43. The van der Waals surface area contributed by atoms with E-state index in [0.717, 1.165) is 57.1 Å². The molecule has 0 amide bonds. The molecule has 0 unspecified atom stereocenters. The van der Waals surface area contributed by atoms with Crippen molar-refractivity contribution < 1.29 is 0 Å². The molecule has 7 nitrogen and oxygen atoms in total. The van der Waals surface area contributed by atoms with Gasteiger partial charge in [0.05, 0.1) is 0 Å². The summed E-state index contributed by atoms with van der Waals surface area (Å²) in [5.74, 6) is 1.70.